The molecule has 1 heterocycles. The minimum Gasteiger partial charge on any atom is -0.480 e. The summed E-state index contributed by atoms with van der Waals surface area (Å²) in [4.78, 5) is 36.2. The number of carboxylic acids is 1. The molecule has 1 unspecified atom stereocenters. The van der Waals surface area contributed by atoms with Crippen LogP contribution in [0.25, 0.3) is 0 Å². The predicted octanol–water partition coefficient (Wildman–Crippen LogP) is -1.45. The maximum atomic E-state index is 11.9. The fourth-order valence-electron chi connectivity index (χ4n) is 1.32. The number of sulfonamides is 1. The van der Waals surface area contributed by atoms with Crippen LogP contribution in [0.2, 0.25) is 0 Å². The Morgan fingerprint density at radius 2 is 2.15 bits per heavy atom. The Morgan fingerprint density at radius 3 is 2.65 bits per heavy atom. The molecule has 1 aromatic heterocycles. The van der Waals surface area contributed by atoms with Gasteiger partial charge in [-0.2, -0.15) is 16.5 Å². The number of hydrogen-bond donors (Lipinski definition) is 4. The van der Waals surface area contributed by atoms with Gasteiger partial charge in [-0.15, -0.1) is 0 Å². The quantitative estimate of drug-likeness (QED) is 0.479. The van der Waals surface area contributed by atoms with E-state index in [1.54, 1.807) is 11.2 Å². The standard InChI is InChI=1S/C9H13N3O6S2/c1-19-3-2-5(8(14)15)12-20(17,18)6-4-10-9(16)11-7(6)13/h4-5,12H,2-3H2,1H3,(H,14,15)(H2,10,11,13,16). The highest BCUT2D eigenvalue weighted by Gasteiger charge is 2.27. The zero-order valence-corrected chi connectivity index (χ0v) is 12.0. The summed E-state index contributed by atoms with van der Waals surface area (Å²) in [6, 6.07) is -1.35. The molecule has 11 heteroatoms. The van der Waals surface area contributed by atoms with Crippen molar-refractivity contribution in [1.82, 2.24) is 14.7 Å². The molecule has 0 radical (unpaired) electrons. The molecule has 0 saturated heterocycles. The highest BCUT2D eigenvalue weighted by molar-refractivity contribution is 7.98. The van der Waals surface area contributed by atoms with Crippen LogP contribution in [0, 0.1) is 0 Å². The van der Waals surface area contributed by atoms with Gasteiger partial charge in [0.2, 0.25) is 10.0 Å². The maximum absolute atomic E-state index is 11.9. The summed E-state index contributed by atoms with van der Waals surface area (Å²) >= 11 is 1.36. The Kier molecular flexibility index (Phi) is 5.53. The molecule has 0 aliphatic heterocycles. The normalized spacial score (nSPS) is 13.1. The van der Waals surface area contributed by atoms with Crippen LogP contribution in [-0.2, 0) is 14.8 Å². The number of H-pyrrole nitrogens is 2. The summed E-state index contributed by atoms with van der Waals surface area (Å²) in [5.41, 5.74) is -1.97. The Labute approximate surface area is 117 Å². The second-order valence-electron chi connectivity index (χ2n) is 3.73. The minimum atomic E-state index is -4.34. The van der Waals surface area contributed by atoms with Crippen LogP contribution in [0.4, 0.5) is 0 Å². The van der Waals surface area contributed by atoms with Crippen molar-refractivity contribution < 1.29 is 18.3 Å². The van der Waals surface area contributed by atoms with Crippen LogP contribution in [0.1, 0.15) is 6.42 Å². The molecule has 0 spiro atoms. The summed E-state index contributed by atoms with van der Waals surface area (Å²) < 4.78 is 25.8. The number of nitrogens with one attached hydrogen (secondary N) is 3. The van der Waals surface area contributed by atoms with Crippen LogP contribution in [0.3, 0.4) is 0 Å². The first-order valence-electron chi connectivity index (χ1n) is 5.34. The molecule has 0 aromatic carbocycles. The Hall–Kier alpha value is -1.59. The smallest absolute Gasteiger partial charge is 0.325 e. The molecule has 1 aromatic rings. The van der Waals surface area contributed by atoms with Crippen molar-refractivity contribution in [2.45, 2.75) is 17.4 Å². The summed E-state index contributed by atoms with van der Waals surface area (Å²) in [7, 11) is -4.34. The van der Waals surface area contributed by atoms with Crippen molar-refractivity contribution in [1.29, 1.82) is 0 Å². The molecule has 1 rings (SSSR count). The van der Waals surface area contributed by atoms with Gasteiger partial charge in [-0.1, -0.05) is 0 Å². The molecule has 9 nitrogen and oxygen atoms in total. The van der Waals surface area contributed by atoms with Crippen molar-refractivity contribution in [2.75, 3.05) is 12.0 Å². The van der Waals surface area contributed by atoms with E-state index in [1.165, 1.54) is 11.8 Å². The van der Waals surface area contributed by atoms with Gasteiger partial charge in [-0.05, 0) is 18.4 Å². The summed E-state index contributed by atoms with van der Waals surface area (Å²) in [5, 5.41) is 8.94. The molecule has 0 amide bonds. The number of rotatable bonds is 7. The molecular weight excluding hydrogens is 310 g/mol. The molecule has 0 aliphatic carbocycles. The Morgan fingerprint density at radius 1 is 1.50 bits per heavy atom. The topological polar surface area (TPSA) is 149 Å². The van der Waals surface area contributed by atoms with E-state index in [4.69, 9.17) is 5.11 Å². The molecular formula is C9H13N3O6S2. The number of carboxylic acid groups (broad SMARTS) is 1. The van der Waals surface area contributed by atoms with E-state index in [2.05, 4.69) is 0 Å². The van der Waals surface area contributed by atoms with Crippen molar-refractivity contribution in [3.8, 4) is 0 Å². The van der Waals surface area contributed by atoms with E-state index in [-0.39, 0.29) is 6.42 Å². The average Bonchev–Trinajstić information content (AvgIpc) is 2.33. The van der Waals surface area contributed by atoms with Crippen LogP contribution >= 0.6 is 11.8 Å². The minimum absolute atomic E-state index is 0.0665. The molecule has 112 valence electrons. The molecule has 1 atom stereocenters. The van der Waals surface area contributed by atoms with Gasteiger partial charge in [0.1, 0.15) is 6.04 Å². The molecule has 0 saturated carbocycles. The first-order valence-corrected chi connectivity index (χ1v) is 8.21. The van der Waals surface area contributed by atoms with Gasteiger partial charge in [0.05, 0.1) is 0 Å². The predicted molar refractivity (Wildman–Crippen MR) is 72.4 cm³/mol. The number of aromatic nitrogens is 2. The van der Waals surface area contributed by atoms with Crippen LogP contribution in [0.15, 0.2) is 20.7 Å². The van der Waals surface area contributed by atoms with Gasteiger partial charge in [0.25, 0.3) is 5.56 Å². The van der Waals surface area contributed by atoms with E-state index in [1.807, 2.05) is 9.71 Å². The van der Waals surface area contributed by atoms with Crippen molar-refractivity contribution in [3.05, 3.63) is 27.0 Å². The molecule has 20 heavy (non-hydrogen) atoms. The number of aromatic amines is 2. The first kappa shape index (κ1) is 16.5. The van der Waals surface area contributed by atoms with Gasteiger partial charge in [-0.25, -0.2) is 13.2 Å². The van der Waals surface area contributed by atoms with E-state index in [9.17, 15) is 22.8 Å². The second-order valence-corrected chi connectivity index (χ2v) is 6.40. The fraction of sp³-hybridized carbons (Fsp3) is 0.444. The lowest BCUT2D eigenvalue weighted by atomic mass is 10.2. The highest BCUT2D eigenvalue weighted by Crippen LogP contribution is 2.06. The maximum Gasteiger partial charge on any atom is 0.325 e. The molecule has 0 bridgehead atoms. The van der Waals surface area contributed by atoms with E-state index in [0.717, 1.165) is 6.20 Å². The SMILES string of the molecule is CSCCC(NS(=O)(=O)c1c[nH]c(=O)[nH]c1=O)C(=O)O. The molecule has 0 aliphatic rings. The van der Waals surface area contributed by atoms with E-state index >= 15 is 0 Å². The third kappa shape index (κ3) is 4.21. The number of aliphatic carboxylic acids is 1. The number of carbonyl (C=O) groups is 1. The zero-order chi connectivity index (χ0) is 15.3. The van der Waals surface area contributed by atoms with E-state index < -0.39 is 38.2 Å². The molecule has 0 fully saturated rings. The Bertz CT molecular complexity index is 692. The lowest BCUT2D eigenvalue weighted by Gasteiger charge is -2.13. The first-order chi connectivity index (χ1) is 9.27. The highest BCUT2D eigenvalue weighted by atomic mass is 32.2. The van der Waals surface area contributed by atoms with Crippen molar-refractivity contribution in [2.24, 2.45) is 0 Å². The van der Waals surface area contributed by atoms with Crippen molar-refractivity contribution in [3.63, 3.8) is 0 Å². The third-order valence-corrected chi connectivity index (χ3v) is 4.40. The van der Waals surface area contributed by atoms with Crippen LogP contribution in [0.5, 0.6) is 0 Å². The number of thioether (sulfide) groups is 1. The zero-order valence-electron chi connectivity index (χ0n) is 10.4. The second kappa shape index (κ2) is 6.72. The largest absolute Gasteiger partial charge is 0.480 e. The van der Waals surface area contributed by atoms with Crippen LogP contribution < -0.4 is 16.0 Å². The Balaban J connectivity index is 3.06. The van der Waals surface area contributed by atoms with Gasteiger partial charge < -0.3 is 10.1 Å². The summed E-state index contributed by atoms with van der Waals surface area (Å²) in [6.07, 6.45) is 2.54. The van der Waals surface area contributed by atoms with Gasteiger partial charge >= 0.3 is 11.7 Å². The fourth-order valence-corrected chi connectivity index (χ4v) is 3.02. The number of hydrogen-bond acceptors (Lipinski definition) is 6. The lowest BCUT2D eigenvalue weighted by molar-refractivity contribution is -0.139. The average molecular weight is 323 g/mol. The van der Waals surface area contributed by atoms with Gasteiger partial charge in [0.15, 0.2) is 4.90 Å². The van der Waals surface area contributed by atoms with Crippen molar-refractivity contribution >= 4 is 27.8 Å². The van der Waals surface area contributed by atoms with Crippen LogP contribution in [-0.4, -0.2) is 47.5 Å². The monoisotopic (exact) mass is 323 g/mol. The summed E-state index contributed by atoms with van der Waals surface area (Å²) in [6.45, 7) is 0. The van der Waals surface area contributed by atoms with Gasteiger partial charge in [0, 0.05) is 6.20 Å². The lowest BCUT2D eigenvalue weighted by Crippen LogP contribution is -2.43. The molecule has 4 N–H and O–H groups in total. The van der Waals surface area contributed by atoms with Gasteiger partial charge in [-0.3, -0.25) is 14.6 Å². The summed E-state index contributed by atoms with van der Waals surface area (Å²) in [5.74, 6) is -0.912. The third-order valence-electron chi connectivity index (χ3n) is 2.28. The van der Waals surface area contributed by atoms with E-state index in [0.29, 0.717) is 5.75 Å².